The van der Waals surface area contributed by atoms with Crippen molar-refractivity contribution in [1.29, 1.82) is 0 Å². The van der Waals surface area contributed by atoms with Gasteiger partial charge in [-0.05, 0) is 24.3 Å². The lowest BCUT2D eigenvalue weighted by Crippen LogP contribution is -2.34. The summed E-state index contributed by atoms with van der Waals surface area (Å²) < 4.78 is 16.1. The number of fused-ring (bicyclic) bond motifs is 1. The Morgan fingerprint density at radius 3 is 2.42 bits per heavy atom. The van der Waals surface area contributed by atoms with E-state index in [4.69, 9.17) is 0 Å². The minimum Gasteiger partial charge on any atom is -0.334 e. The maximum absolute atomic E-state index is 14.3. The van der Waals surface area contributed by atoms with Crippen molar-refractivity contribution in [3.05, 3.63) is 79.7 Å². The van der Waals surface area contributed by atoms with E-state index in [0.717, 1.165) is 11.0 Å². The van der Waals surface area contributed by atoms with Crippen LogP contribution in [0.4, 0.5) is 4.39 Å². The molecule has 0 bridgehead atoms. The van der Waals surface area contributed by atoms with Gasteiger partial charge in [0.15, 0.2) is 0 Å². The second-order valence-electron chi connectivity index (χ2n) is 5.87. The second-order valence-corrected chi connectivity index (χ2v) is 5.87. The molecule has 0 radical (unpaired) electrons. The normalized spacial score (nSPS) is 10.7. The van der Waals surface area contributed by atoms with Gasteiger partial charge in [0.05, 0.1) is 16.6 Å². The van der Waals surface area contributed by atoms with Crippen molar-refractivity contribution in [3.63, 3.8) is 0 Å². The fourth-order valence-electron chi connectivity index (χ4n) is 2.91. The van der Waals surface area contributed by atoms with Crippen molar-refractivity contribution in [1.82, 2.24) is 14.5 Å². The number of imidazole rings is 1. The summed E-state index contributed by atoms with van der Waals surface area (Å²) in [5.74, 6) is -0.0362. The fraction of sp³-hybridized carbons (Fsp3) is 0.143. The molecule has 0 aliphatic rings. The highest BCUT2D eigenvalue weighted by Gasteiger charge is 2.19. The first kappa shape index (κ1) is 17.6. The standard InChI is InChI=1S/C21H20FN3O/c1-3-13-24(14-4-2)20(26)15-25-19-12-8-7-11-18(19)23-21(25)16-9-5-6-10-17(16)22/h3-12H,1-2,13-15H2. The average Bonchev–Trinajstić information content (AvgIpc) is 3.00. The third-order valence-electron chi connectivity index (χ3n) is 4.11. The molecule has 0 saturated heterocycles. The molecule has 5 heteroatoms. The summed E-state index contributed by atoms with van der Waals surface area (Å²) in [6.07, 6.45) is 3.34. The largest absolute Gasteiger partial charge is 0.334 e. The van der Waals surface area contributed by atoms with Crippen LogP contribution in [0.1, 0.15) is 0 Å². The molecule has 0 aliphatic carbocycles. The van der Waals surface area contributed by atoms with E-state index in [9.17, 15) is 9.18 Å². The van der Waals surface area contributed by atoms with E-state index in [1.165, 1.54) is 6.07 Å². The minimum absolute atomic E-state index is 0.0614. The van der Waals surface area contributed by atoms with E-state index >= 15 is 0 Å². The second kappa shape index (κ2) is 7.78. The molecule has 1 amide bonds. The zero-order valence-corrected chi connectivity index (χ0v) is 14.4. The molecule has 0 spiro atoms. The number of aromatic nitrogens is 2. The molecule has 3 aromatic rings. The lowest BCUT2D eigenvalue weighted by molar-refractivity contribution is -0.130. The number of carbonyl (C=O) groups excluding carboxylic acids is 1. The van der Waals surface area contributed by atoms with Crippen molar-refractivity contribution >= 4 is 16.9 Å². The molecule has 26 heavy (non-hydrogen) atoms. The van der Waals surface area contributed by atoms with Crippen LogP contribution in [0.2, 0.25) is 0 Å². The third-order valence-corrected chi connectivity index (χ3v) is 4.11. The van der Waals surface area contributed by atoms with Gasteiger partial charge < -0.3 is 9.47 Å². The van der Waals surface area contributed by atoms with Gasteiger partial charge in [0.1, 0.15) is 18.2 Å². The first-order valence-electron chi connectivity index (χ1n) is 8.35. The Hall–Kier alpha value is -3.21. The zero-order chi connectivity index (χ0) is 18.5. The van der Waals surface area contributed by atoms with Crippen LogP contribution >= 0.6 is 0 Å². The van der Waals surface area contributed by atoms with Crippen LogP contribution in [0.5, 0.6) is 0 Å². The zero-order valence-electron chi connectivity index (χ0n) is 14.4. The van der Waals surface area contributed by atoms with Gasteiger partial charge in [0.2, 0.25) is 5.91 Å². The smallest absolute Gasteiger partial charge is 0.243 e. The number of hydrogen-bond donors (Lipinski definition) is 0. The number of amides is 1. The highest BCUT2D eigenvalue weighted by molar-refractivity contribution is 5.84. The van der Waals surface area contributed by atoms with Crippen LogP contribution in [-0.2, 0) is 11.3 Å². The van der Waals surface area contributed by atoms with Gasteiger partial charge in [-0.15, -0.1) is 13.2 Å². The molecule has 0 fully saturated rings. The molecular formula is C21H20FN3O. The van der Waals surface area contributed by atoms with Crippen LogP contribution in [-0.4, -0.2) is 33.4 Å². The number of carbonyl (C=O) groups is 1. The first-order chi connectivity index (χ1) is 12.7. The quantitative estimate of drug-likeness (QED) is 0.604. The summed E-state index contributed by atoms with van der Waals surface area (Å²) in [4.78, 5) is 19.0. The van der Waals surface area contributed by atoms with Crippen LogP contribution in [0.3, 0.4) is 0 Å². The number of hydrogen-bond acceptors (Lipinski definition) is 2. The Morgan fingerprint density at radius 1 is 1.08 bits per heavy atom. The minimum atomic E-state index is -0.370. The third kappa shape index (κ3) is 3.42. The maximum Gasteiger partial charge on any atom is 0.243 e. The van der Waals surface area contributed by atoms with Gasteiger partial charge in [-0.2, -0.15) is 0 Å². The molecule has 0 atom stereocenters. The Kier molecular flexibility index (Phi) is 5.27. The van der Waals surface area contributed by atoms with Gasteiger partial charge in [-0.1, -0.05) is 36.4 Å². The molecule has 0 unspecified atom stereocenters. The van der Waals surface area contributed by atoms with E-state index in [0.29, 0.717) is 24.5 Å². The Labute approximate surface area is 151 Å². The number of halogens is 1. The van der Waals surface area contributed by atoms with Crippen molar-refractivity contribution < 1.29 is 9.18 Å². The van der Waals surface area contributed by atoms with Crippen LogP contribution in [0.25, 0.3) is 22.4 Å². The summed E-state index contributed by atoms with van der Waals surface area (Å²) in [5.41, 5.74) is 1.88. The van der Waals surface area contributed by atoms with Crippen molar-refractivity contribution in [2.24, 2.45) is 0 Å². The van der Waals surface area contributed by atoms with E-state index in [1.54, 1.807) is 39.8 Å². The van der Waals surface area contributed by atoms with Gasteiger partial charge in [-0.25, -0.2) is 9.37 Å². The van der Waals surface area contributed by atoms with Gasteiger partial charge in [-0.3, -0.25) is 4.79 Å². The molecular weight excluding hydrogens is 329 g/mol. The van der Waals surface area contributed by atoms with Gasteiger partial charge >= 0.3 is 0 Å². The number of nitrogens with zero attached hydrogens (tertiary/aromatic N) is 3. The lowest BCUT2D eigenvalue weighted by Gasteiger charge is -2.20. The SMILES string of the molecule is C=CCN(CC=C)C(=O)Cn1c(-c2ccccc2F)nc2ccccc21. The molecule has 0 saturated carbocycles. The van der Waals surface area contributed by atoms with E-state index in [2.05, 4.69) is 18.1 Å². The van der Waals surface area contributed by atoms with Crippen LogP contribution < -0.4 is 0 Å². The summed E-state index contributed by atoms with van der Waals surface area (Å²) >= 11 is 0. The predicted octanol–water partition coefficient (Wildman–Crippen LogP) is 4.04. The van der Waals surface area contributed by atoms with Gasteiger partial charge in [0.25, 0.3) is 0 Å². The first-order valence-corrected chi connectivity index (χ1v) is 8.35. The molecule has 3 rings (SSSR count). The average molecular weight is 349 g/mol. The maximum atomic E-state index is 14.3. The highest BCUT2D eigenvalue weighted by atomic mass is 19.1. The van der Waals surface area contributed by atoms with E-state index in [-0.39, 0.29) is 18.3 Å². The molecule has 0 N–H and O–H groups in total. The molecule has 1 aromatic heterocycles. The monoisotopic (exact) mass is 349 g/mol. The van der Waals surface area contributed by atoms with Crippen molar-refractivity contribution in [2.45, 2.75) is 6.54 Å². The number of para-hydroxylation sites is 2. The number of rotatable bonds is 7. The summed E-state index contributed by atoms with van der Waals surface area (Å²) in [6, 6.07) is 13.9. The Morgan fingerprint density at radius 2 is 1.73 bits per heavy atom. The molecule has 4 nitrogen and oxygen atoms in total. The molecule has 1 heterocycles. The summed E-state index contributed by atoms with van der Waals surface area (Å²) in [7, 11) is 0. The molecule has 0 aliphatic heterocycles. The van der Waals surface area contributed by atoms with Crippen LogP contribution in [0.15, 0.2) is 73.8 Å². The van der Waals surface area contributed by atoms with Crippen molar-refractivity contribution in [3.8, 4) is 11.4 Å². The van der Waals surface area contributed by atoms with Crippen molar-refractivity contribution in [2.75, 3.05) is 13.1 Å². The molecule has 132 valence electrons. The predicted molar refractivity (Wildman–Crippen MR) is 102 cm³/mol. The van der Waals surface area contributed by atoms with E-state index in [1.807, 2.05) is 24.3 Å². The molecule has 2 aromatic carbocycles. The highest BCUT2D eigenvalue weighted by Crippen LogP contribution is 2.26. The van der Waals surface area contributed by atoms with E-state index < -0.39 is 0 Å². The fourth-order valence-corrected chi connectivity index (χ4v) is 2.91. The Balaban J connectivity index is 2.08. The summed E-state index contributed by atoms with van der Waals surface area (Å²) in [5, 5.41) is 0. The number of benzene rings is 2. The summed E-state index contributed by atoms with van der Waals surface area (Å²) in [6.45, 7) is 8.29. The van der Waals surface area contributed by atoms with Gasteiger partial charge in [0, 0.05) is 13.1 Å². The van der Waals surface area contributed by atoms with Crippen LogP contribution in [0, 0.1) is 5.82 Å². The lowest BCUT2D eigenvalue weighted by atomic mass is 10.2. The topological polar surface area (TPSA) is 38.1 Å². The Bertz CT molecular complexity index is 951.